The zero-order valence-electron chi connectivity index (χ0n) is 17.5. The maximum absolute atomic E-state index is 6.17. The molecule has 0 aromatic heterocycles. The highest BCUT2D eigenvalue weighted by Gasteiger charge is 2.33. The van der Waals surface area contributed by atoms with Crippen LogP contribution in [0.1, 0.15) is 71.6 Å². The molecule has 2 aromatic rings. The van der Waals surface area contributed by atoms with E-state index in [9.17, 15) is 0 Å². The molecule has 0 bridgehead atoms. The third kappa shape index (κ3) is 8.32. The summed E-state index contributed by atoms with van der Waals surface area (Å²) in [6.07, 6.45) is 10.1. The maximum atomic E-state index is 6.17. The molecule has 28 heavy (non-hydrogen) atoms. The quantitative estimate of drug-likeness (QED) is 0.192. The molecule has 4 nitrogen and oxygen atoms in total. The van der Waals surface area contributed by atoms with Gasteiger partial charge in [0.15, 0.2) is 0 Å². The second-order valence-electron chi connectivity index (χ2n) is 7.32. The number of para-hydroxylation sites is 2. The van der Waals surface area contributed by atoms with Crippen molar-refractivity contribution in [3.05, 3.63) is 60.7 Å². The molecule has 154 valence electrons. The summed E-state index contributed by atoms with van der Waals surface area (Å²) in [5.41, 5.74) is 8.06. The average molecular weight is 385 g/mol. The van der Waals surface area contributed by atoms with Crippen LogP contribution >= 0.6 is 0 Å². The molecule has 0 heterocycles. The Hall–Kier alpha value is -2.04. The molecule has 2 rings (SSSR count). The van der Waals surface area contributed by atoms with Gasteiger partial charge in [-0.2, -0.15) is 0 Å². The van der Waals surface area contributed by atoms with E-state index in [2.05, 4.69) is 24.8 Å². The van der Waals surface area contributed by atoms with Crippen LogP contribution in [0.2, 0.25) is 0 Å². The van der Waals surface area contributed by atoms with Crippen molar-refractivity contribution in [2.24, 2.45) is 0 Å². The van der Waals surface area contributed by atoms with Crippen molar-refractivity contribution < 1.29 is 9.68 Å². The standard InChI is InChI=1S/C24H36N2O2/c1-3-5-6-7-8-15-21-24(20-4-2,27-25-22-16-11-9-12-17-22)28-26-23-18-13-10-14-19-23/h9-14,16-19,25-26H,3-8,15,20-21H2,1-2H3. The SMILES string of the molecule is CCCCCCCCC(CCC)(ONc1ccccc1)ONc1ccccc1. The molecule has 0 spiro atoms. The Bertz CT molecular complexity index is 576. The third-order valence-corrected chi connectivity index (χ3v) is 4.80. The van der Waals surface area contributed by atoms with Crippen LogP contribution in [0, 0.1) is 0 Å². The summed E-state index contributed by atoms with van der Waals surface area (Å²) >= 11 is 0. The van der Waals surface area contributed by atoms with Crippen molar-refractivity contribution >= 4 is 11.4 Å². The number of anilines is 2. The number of hydrogen-bond donors (Lipinski definition) is 2. The lowest BCUT2D eigenvalue weighted by atomic mass is 10.0. The summed E-state index contributed by atoms with van der Waals surface area (Å²) in [5.74, 6) is -0.717. The van der Waals surface area contributed by atoms with Crippen LogP contribution in [-0.4, -0.2) is 5.79 Å². The molecule has 2 N–H and O–H groups in total. The number of benzene rings is 2. The predicted octanol–water partition coefficient (Wildman–Crippen LogP) is 7.32. The van der Waals surface area contributed by atoms with E-state index in [-0.39, 0.29) is 0 Å². The van der Waals surface area contributed by atoms with Crippen molar-refractivity contribution in [1.29, 1.82) is 0 Å². The van der Waals surface area contributed by atoms with Gasteiger partial charge in [-0.1, -0.05) is 88.8 Å². The van der Waals surface area contributed by atoms with Gasteiger partial charge in [-0.05, 0) is 30.7 Å². The molecule has 0 saturated heterocycles. The maximum Gasteiger partial charge on any atom is 0.218 e. The van der Waals surface area contributed by atoms with Crippen molar-refractivity contribution in [2.75, 3.05) is 11.0 Å². The second kappa shape index (κ2) is 13.2. The minimum atomic E-state index is -0.717. The molecule has 2 aromatic carbocycles. The van der Waals surface area contributed by atoms with Crippen LogP contribution in [0.3, 0.4) is 0 Å². The van der Waals surface area contributed by atoms with E-state index in [0.717, 1.165) is 37.1 Å². The molecular formula is C24H36N2O2. The van der Waals surface area contributed by atoms with Crippen LogP contribution in [0.4, 0.5) is 11.4 Å². The Kier molecular flexibility index (Phi) is 10.5. The summed E-state index contributed by atoms with van der Waals surface area (Å²) in [4.78, 5) is 12.3. The van der Waals surface area contributed by atoms with Crippen molar-refractivity contribution in [2.45, 2.75) is 77.4 Å². The Morgan fingerprint density at radius 2 is 1.11 bits per heavy atom. The first-order valence-electron chi connectivity index (χ1n) is 10.8. The monoisotopic (exact) mass is 384 g/mol. The Morgan fingerprint density at radius 3 is 1.61 bits per heavy atom. The van der Waals surface area contributed by atoms with E-state index < -0.39 is 5.79 Å². The normalized spacial score (nSPS) is 11.4. The van der Waals surface area contributed by atoms with Crippen LogP contribution in [0.5, 0.6) is 0 Å². The zero-order chi connectivity index (χ0) is 19.9. The number of rotatable bonds is 15. The van der Waals surface area contributed by atoms with Gasteiger partial charge in [0.25, 0.3) is 0 Å². The van der Waals surface area contributed by atoms with Gasteiger partial charge in [0.1, 0.15) is 0 Å². The van der Waals surface area contributed by atoms with E-state index in [4.69, 9.17) is 9.68 Å². The minimum absolute atomic E-state index is 0.717. The topological polar surface area (TPSA) is 42.5 Å². The average Bonchev–Trinajstić information content (AvgIpc) is 2.75. The summed E-state index contributed by atoms with van der Waals surface area (Å²) in [5, 5.41) is 0. The molecule has 0 amide bonds. The lowest BCUT2D eigenvalue weighted by Crippen LogP contribution is -2.40. The number of unbranched alkanes of at least 4 members (excludes halogenated alkanes) is 5. The zero-order valence-corrected chi connectivity index (χ0v) is 17.5. The molecule has 0 aliphatic carbocycles. The highest BCUT2D eigenvalue weighted by atomic mass is 16.8. The van der Waals surface area contributed by atoms with Crippen LogP contribution in [0.25, 0.3) is 0 Å². The van der Waals surface area contributed by atoms with E-state index in [0.29, 0.717) is 0 Å². The van der Waals surface area contributed by atoms with Gasteiger partial charge in [0.05, 0.1) is 11.4 Å². The largest absolute Gasteiger partial charge is 0.264 e. The molecule has 0 radical (unpaired) electrons. The van der Waals surface area contributed by atoms with E-state index in [1.165, 1.54) is 32.1 Å². The van der Waals surface area contributed by atoms with E-state index >= 15 is 0 Å². The molecular weight excluding hydrogens is 348 g/mol. The lowest BCUT2D eigenvalue weighted by molar-refractivity contribution is -0.216. The molecule has 0 fully saturated rings. The molecule has 0 aliphatic rings. The Morgan fingerprint density at radius 1 is 0.607 bits per heavy atom. The van der Waals surface area contributed by atoms with E-state index in [1.807, 2.05) is 60.7 Å². The van der Waals surface area contributed by atoms with Crippen molar-refractivity contribution in [3.63, 3.8) is 0 Å². The highest BCUT2D eigenvalue weighted by molar-refractivity contribution is 5.41. The first-order valence-corrected chi connectivity index (χ1v) is 10.8. The molecule has 4 heteroatoms. The first kappa shape index (κ1) is 22.3. The Labute approximate surface area is 170 Å². The Balaban J connectivity index is 1.98. The number of hydrogen-bond acceptors (Lipinski definition) is 4. The summed E-state index contributed by atoms with van der Waals surface area (Å²) < 4.78 is 0. The fraction of sp³-hybridized carbons (Fsp3) is 0.500. The van der Waals surface area contributed by atoms with Gasteiger partial charge in [-0.3, -0.25) is 11.0 Å². The van der Waals surface area contributed by atoms with Crippen LogP contribution < -0.4 is 11.0 Å². The molecule has 0 unspecified atom stereocenters. The van der Waals surface area contributed by atoms with E-state index in [1.54, 1.807) is 0 Å². The third-order valence-electron chi connectivity index (χ3n) is 4.80. The second-order valence-corrected chi connectivity index (χ2v) is 7.32. The predicted molar refractivity (Wildman–Crippen MR) is 118 cm³/mol. The van der Waals surface area contributed by atoms with Gasteiger partial charge < -0.3 is 0 Å². The van der Waals surface area contributed by atoms with Crippen LogP contribution in [0.15, 0.2) is 60.7 Å². The fourth-order valence-corrected chi connectivity index (χ4v) is 3.22. The number of nitrogens with one attached hydrogen (secondary N) is 2. The first-order chi connectivity index (χ1) is 13.8. The summed E-state index contributed by atoms with van der Waals surface area (Å²) in [6, 6.07) is 19.9. The van der Waals surface area contributed by atoms with Crippen molar-refractivity contribution in [1.82, 2.24) is 0 Å². The van der Waals surface area contributed by atoms with Gasteiger partial charge in [-0.25, -0.2) is 9.68 Å². The fourth-order valence-electron chi connectivity index (χ4n) is 3.22. The van der Waals surface area contributed by atoms with Gasteiger partial charge in [0, 0.05) is 12.8 Å². The lowest BCUT2D eigenvalue weighted by Gasteiger charge is -2.33. The smallest absolute Gasteiger partial charge is 0.218 e. The molecule has 0 aliphatic heterocycles. The van der Waals surface area contributed by atoms with Gasteiger partial charge in [-0.15, -0.1) is 0 Å². The highest BCUT2D eigenvalue weighted by Crippen LogP contribution is 2.29. The van der Waals surface area contributed by atoms with Gasteiger partial charge in [0.2, 0.25) is 5.79 Å². The summed E-state index contributed by atoms with van der Waals surface area (Å²) in [6.45, 7) is 4.41. The summed E-state index contributed by atoms with van der Waals surface area (Å²) in [7, 11) is 0. The molecule has 0 saturated carbocycles. The minimum Gasteiger partial charge on any atom is -0.264 e. The van der Waals surface area contributed by atoms with Crippen molar-refractivity contribution in [3.8, 4) is 0 Å². The van der Waals surface area contributed by atoms with Gasteiger partial charge >= 0.3 is 0 Å². The van der Waals surface area contributed by atoms with Crippen LogP contribution in [-0.2, 0) is 9.68 Å². The molecule has 0 atom stereocenters.